The zero-order valence-electron chi connectivity index (χ0n) is 18.5. The number of benzene rings is 2. The van der Waals surface area contributed by atoms with Crippen LogP contribution in [0, 0.1) is 12.7 Å². The number of amides is 1. The highest BCUT2D eigenvalue weighted by molar-refractivity contribution is 7.99. The van der Waals surface area contributed by atoms with E-state index in [4.69, 9.17) is 0 Å². The number of carbonyl (C=O) groups is 1. The molecule has 0 aliphatic carbocycles. The van der Waals surface area contributed by atoms with Gasteiger partial charge in [0, 0.05) is 26.7 Å². The molecule has 1 aromatic heterocycles. The predicted octanol–water partition coefficient (Wildman–Crippen LogP) is 4.46. The van der Waals surface area contributed by atoms with E-state index >= 15 is 0 Å². The van der Waals surface area contributed by atoms with Crippen LogP contribution in [0.5, 0.6) is 0 Å². The molecule has 1 aliphatic heterocycles. The van der Waals surface area contributed by atoms with Gasteiger partial charge in [0.25, 0.3) is 0 Å². The molecule has 8 heteroatoms. The highest BCUT2D eigenvalue weighted by atomic mass is 32.2. The van der Waals surface area contributed by atoms with Crippen LogP contribution in [0.1, 0.15) is 30.4 Å². The van der Waals surface area contributed by atoms with Crippen LogP contribution in [0.4, 0.5) is 10.3 Å². The third-order valence-corrected chi connectivity index (χ3v) is 6.54. The van der Waals surface area contributed by atoms with Gasteiger partial charge in [0.1, 0.15) is 5.82 Å². The first kappa shape index (κ1) is 22.3. The van der Waals surface area contributed by atoms with Gasteiger partial charge < -0.3 is 9.80 Å². The van der Waals surface area contributed by atoms with E-state index in [1.807, 2.05) is 0 Å². The lowest BCUT2D eigenvalue weighted by molar-refractivity contribution is -0.127. The Morgan fingerprint density at radius 1 is 1.03 bits per heavy atom. The molecule has 1 aliphatic rings. The van der Waals surface area contributed by atoms with Crippen molar-refractivity contribution >= 4 is 23.6 Å². The Kier molecular flexibility index (Phi) is 7.09. The van der Waals surface area contributed by atoms with Gasteiger partial charge in [0.15, 0.2) is 5.16 Å². The minimum absolute atomic E-state index is 0.0164. The maximum Gasteiger partial charge on any atom is 0.233 e. The summed E-state index contributed by atoms with van der Waals surface area (Å²) >= 11 is 1.39. The van der Waals surface area contributed by atoms with Crippen molar-refractivity contribution in [2.75, 3.05) is 30.8 Å². The molecule has 0 radical (unpaired) electrons. The highest BCUT2D eigenvalue weighted by Crippen LogP contribution is 2.28. The van der Waals surface area contributed by atoms with Crippen LogP contribution in [0.3, 0.4) is 0 Å². The predicted molar refractivity (Wildman–Crippen MR) is 126 cm³/mol. The number of halogens is 1. The Morgan fingerprint density at radius 2 is 1.72 bits per heavy atom. The largest absolute Gasteiger partial charge is 0.341 e. The number of nitrogens with zero attached hydrogens (tertiary/aromatic N) is 5. The van der Waals surface area contributed by atoms with E-state index in [1.54, 1.807) is 24.1 Å². The number of aromatic nitrogens is 3. The second kappa shape index (κ2) is 10.2. The van der Waals surface area contributed by atoms with E-state index in [1.165, 1.54) is 35.9 Å². The molecule has 32 heavy (non-hydrogen) atoms. The molecule has 0 saturated carbocycles. The zero-order chi connectivity index (χ0) is 22.5. The van der Waals surface area contributed by atoms with Crippen LogP contribution in [-0.4, -0.2) is 51.5 Å². The minimum Gasteiger partial charge on any atom is -0.341 e. The second-order valence-electron chi connectivity index (χ2n) is 8.17. The van der Waals surface area contributed by atoms with Crippen molar-refractivity contribution in [3.63, 3.8) is 0 Å². The normalized spacial score (nSPS) is 13.9. The van der Waals surface area contributed by atoms with Gasteiger partial charge in [-0.1, -0.05) is 41.6 Å². The van der Waals surface area contributed by atoms with Crippen LogP contribution in [0.15, 0.2) is 53.7 Å². The SMILES string of the molecule is Cc1ccc(-n2c(SCC(=O)N(C)Cc3ccc(F)cc3)nnc2N2CCCCC2)cc1. The Morgan fingerprint density at radius 3 is 2.41 bits per heavy atom. The highest BCUT2D eigenvalue weighted by Gasteiger charge is 2.22. The molecule has 168 valence electrons. The first-order valence-corrected chi connectivity index (χ1v) is 11.9. The zero-order valence-corrected chi connectivity index (χ0v) is 19.3. The number of piperidine rings is 1. The monoisotopic (exact) mass is 453 g/mol. The molecule has 1 fully saturated rings. The molecule has 1 amide bonds. The number of rotatable bonds is 7. The van der Waals surface area contributed by atoms with E-state index in [9.17, 15) is 9.18 Å². The van der Waals surface area contributed by atoms with Gasteiger partial charge in [-0.15, -0.1) is 10.2 Å². The van der Waals surface area contributed by atoms with Gasteiger partial charge in [-0.2, -0.15) is 0 Å². The summed E-state index contributed by atoms with van der Waals surface area (Å²) in [6.07, 6.45) is 3.54. The summed E-state index contributed by atoms with van der Waals surface area (Å²) in [6.45, 7) is 4.43. The molecule has 2 aromatic carbocycles. The minimum atomic E-state index is -0.279. The first-order valence-electron chi connectivity index (χ1n) is 10.9. The average molecular weight is 454 g/mol. The Labute approximate surface area is 192 Å². The van der Waals surface area contributed by atoms with Crippen LogP contribution < -0.4 is 4.90 Å². The molecule has 0 N–H and O–H groups in total. The number of hydrogen-bond donors (Lipinski definition) is 0. The fourth-order valence-electron chi connectivity index (χ4n) is 3.76. The van der Waals surface area contributed by atoms with E-state index in [2.05, 4.69) is 50.9 Å². The number of hydrogen-bond acceptors (Lipinski definition) is 5. The fourth-order valence-corrected chi connectivity index (χ4v) is 4.65. The van der Waals surface area contributed by atoms with Gasteiger partial charge in [-0.05, 0) is 56.0 Å². The summed E-state index contributed by atoms with van der Waals surface area (Å²) in [4.78, 5) is 16.7. The van der Waals surface area contributed by atoms with E-state index < -0.39 is 0 Å². The first-order chi connectivity index (χ1) is 15.5. The molecule has 6 nitrogen and oxygen atoms in total. The summed E-state index contributed by atoms with van der Waals surface area (Å²) in [7, 11) is 1.76. The number of carbonyl (C=O) groups excluding carboxylic acids is 1. The molecule has 0 atom stereocenters. The molecule has 2 heterocycles. The summed E-state index contributed by atoms with van der Waals surface area (Å²) in [5, 5.41) is 9.64. The van der Waals surface area contributed by atoms with Crippen molar-refractivity contribution in [1.29, 1.82) is 0 Å². The summed E-state index contributed by atoms with van der Waals surface area (Å²) in [6, 6.07) is 14.5. The van der Waals surface area contributed by atoms with Crippen LogP contribution in [0.2, 0.25) is 0 Å². The lowest BCUT2D eigenvalue weighted by Gasteiger charge is -2.27. The number of anilines is 1. The van der Waals surface area contributed by atoms with Gasteiger partial charge in [-0.25, -0.2) is 4.39 Å². The molecule has 1 saturated heterocycles. The second-order valence-corrected chi connectivity index (χ2v) is 9.11. The van der Waals surface area contributed by atoms with Crippen LogP contribution in [0.25, 0.3) is 5.69 Å². The molecule has 0 unspecified atom stereocenters. The lowest BCUT2D eigenvalue weighted by atomic mass is 10.1. The molecule has 3 aromatic rings. The van der Waals surface area contributed by atoms with E-state index in [0.29, 0.717) is 11.7 Å². The van der Waals surface area contributed by atoms with E-state index in [0.717, 1.165) is 43.1 Å². The van der Waals surface area contributed by atoms with Crippen molar-refractivity contribution in [1.82, 2.24) is 19.7 Å². The quantitative estimate of drug-likeness (QED) is 0.495. The molecule has 4 rings (SSSR count). The Bertz CT molecular complexity index is 1050. The topological polar surface area (TPSA) is 54.3 Å². The van der Waals surface area contributed by atoms with Gasteiger partial charge in [0.05, 0.1) is 11.4 Å². The van der Waals surface area contributed by atoms with Crippen molar-refractivity contribution in [2.24, 2.45) is 0 Å². The van der Waals surface area contributed by atoms with Gasteiger partial charge in [0.2, 0.25) is 11.9 Å². The van der Waals surface area contributed by atoms with Crippen molar-refractivity contribution in [2.45, 2.75) is 37.9 Å². The average Bonchev–Trinajstić information content (AvgIpc) is 3.24. The summed E-state index contributed by atoms with van der Waals surface area (Å²) in [5.74, 6) is 0.792. The fraction of sp³-hybridized carbons (Fsp3) is 0.375. The Hall–Kier alpha value is -2.87. The maximum absolute atomic E-state index is 13.1. The molecule has 0 spiro atoms. The summed E-state index contributed by atoms with van der Waals surface area (Å²) < 4.78 is 15.2. The lowest BCUT2D eigenvalue weighted by Crippen LogP contribution is -2.31. The smallest absolute Gasteiger partial charge is 0.233 e. The molecule has 0 bridgehead atoms. The van der Waals surface area contributed by atoms with Gasteiger partial charge in [-0.3, -0.25) is 9.36 Å². The van der Waals surface area contributed by atoms with E-state index in [-0.39, 0.29) is 17.5 Å². The van der Waals surface area contributed by atoms with Gasteiger partial charge >= 0.3 is 0 Å². The Balaban J connectivity index is 1.50. The van der Waals surface area contributed by atoms with Crippen LogP contribution in [-0.2, 0) is 11.3 Å². The maximum atomic E-state index is 13.1. The van der Waals surface area contributed by atoms with Crippen molar-refractivity contribution in [3.05, 3.63) is 65.5 Å². The number of thioether (sulfide) groups is 1. The third-order valence-electron chi connectivity index (χ3n) is 5.63. The number of aryl methyl sites for hydroxylation is 1. The summed E-state index contributed by atoms with van der Waals surface area (Å²) in [5.41, 5.74) is 3.08. The van der Waals surface area contributed by atoms with Crippen LogP contribution >= 0.6 is 11.8 Å². The molecular weight excluding hydrogens is 425 g/mol. The van der Waals surface area contributed by atoms with Crippen molar-refractivity contribution in [3.8, 4) is 5.69 Å². The third kappa shape index (κ3) is 5.30. The van der Waals surface area contributed by atoms with Crippen molar-refractivity contribution < 1.29 is 9.18 Å². The standard InChI is InChI=1S/C24H28FN5OS/c1-18-6-12-21(13-7-18)30-23(29-14-4-3-5-15-29)26-27-24(30)32-17-22(31)28(2)16-19-8-10-20(25)11-9-19/h6-13H,3-5,14-17H2,1-2H3. The molecular formula is C24H28FN5OS.